The molecule has 1 aromatic heterocycles. The van der Waals surface area contributed by atoms with Crippen molar-refractivity contribution >= 4 is 23.5 Å². The first-order valence-electron chi connectivity index (χ1n) is 6.20. The highest BCUT2D eigenvalue weighted by molar-refractivity contribution is 6.00. The molecule has 0 unspecified atom stereocenters. The van der Waals surface area contributed by atoms with Crippen molar-refractivity contribution in [3.8, 4) is 0 Å². The second kappa shape index (κ2) is 4.76. The van der Waals surface area contributed by atoms with Crippen molar-refractivity contribution in [1.29, 1.82) is 0 Å². The SMILES string of the molecule is Cc1ccc(NC(=O)[C@@H]2CC(=O)Nc3nncn32)cc1. The largest absolute Gasteiger partial charge is 0.324 e. The zero-order valence-electron chi connectivity index (χ0n) is 10.8. The number of anilines is 2. The van der Waals surface area contributed by atoms with E-state index < -0.39 is 6.04 Å². The van der Waals surface area contributed by atoms with E-state index in [2.05, 4.69) is 20.8 Å². The van der Waals surface area contributed by atoms with E-state index in [0.717, 1.165) is 5.56 Å². The van der Waals surface area contributed by atoms with Crippen LogP contribution in [0.2, 0.25) is 0 Å². The molecule has 3 rings (SSSR count). The van der Waals surface area contributed by atoms with Crippen LogP contribution in [0.4, 0.5) is 11.6 Å². The van der Waals surface area contributed by atoms with Crippen LogP contribution in [0.1, 0.15) is 18.0 Å². The van der Waals surface area contributed by atoms with E-state index in [0.29, 0.717) is 11.6 Å². The van der Waals surface area contributed by atoms with Crippen LogP contribution in [-0.4, -0.2) is 26.6 Å². The van der Waals surface area contributed by atoms with Gasteiger partial charge in [-0.3, -0.25) is 19.5 Å². The van der Waals surface area contributed by atoms with Crippen LogP contribution in [0.15, 0.2) is 30.6 Å². The zero-order chi connectivity index (χ0) is 14.1. The Bertz CT molecular complexity index is 662. The Morgan fingerprint density at radius 2 is 2.15 bits per heavy atom. The highest BCUT2D eigenvalue weighted by atomic mass is 16.2. The van der Waals surface area contributed by atoms with E-state index in [-0.39, 0.29) is 18.2 Å². The zero-order valence-corrected chi connectivity index (χ0v) is 10.8. The molecule has 2 N–H and O–H groups in total. The maximum Gasteiger partial charge on any atom is 0.248 e. The normalized spacial score (nSPS) is 17.2. The van der Waals surface area contributed by atoms with Gasteiger partial charge in [-0.25, -0.2) is 0 Å². The smallest absolute Gasteiger partial charge is 0.248 e. The van der Waals surface area contributed by atoms with Crippen LogP contribution in [-0.2, 0) is 9.59 Å². The lowest BCUT2D eigenvalue weighted by atomic mass is 10.1. The molecule has 1 aliphatic heterocycles. The van der Waals surface area contributed by atoms with Crippen molar-refractivity contribution in [2.75, 3.05) is 10.6 Å². The van der Waals surface area contributed by atoms with Gasteiger partial charge in [-0.2, -0.15) is 0 Å². The number of aryl methyl sites for hydroxylation is 1. The van der Waals surface area contributed by atoms with Crippen molar-refractivity contribution in [1.82, 2.24) is 14.8 Å². The lowest BCUT2D eigenvalue weighted by molar-refractivity contribution is -0.125. The number of hydrogen-bond acceptors (Lipinski definition) is 4. The summed E-state index contributed by atoms with van der Waals surface area (Å²) in [5, 5.41) is 12.8. The summed E-state index contributed by atoms with van der Waals surface area (Å²) in [7, 11) is 0. The number of amides is 2. The van der Waals surface area contributed by atoms with E-state index in [1.807, 2.05) is 31.2 Å². The van der Waals surface area contributed by atoms with Gasteiger partial charge in [-0.15, -0.1) is 10.2 Å². The fourth-order valence-corrected chi connectivity index (χ4v) is 2.09. The third-order valence-electron chi connectivity index (χ3n) is 3.16. The second-order valence-corrected chi connectivity index (χ2v) is 4.69. The Kier molecular flexibility index (Phi) is 2.94. The summed E-state index contributed by atoms with van der Waals surface area (Å²) in [4.78, 5) is 23.9. The molecule has 1 aromatic carbocycles. The van der Waals surface area contributed by atoms with E-state index in [4.69, 9.17) is 0 Å². The van der Waals surface area contributed by atoms with Gasteiger partial charge in [0.25, 0.3) is 0 Å². The molecule has 0 saturated heterocycles. The number of aromatic nitrogens is 3. The van der Waals surface area contributed by atoms with Crippen molar-refractivity contribution in [3.63, 3.8) is 0 Å². The van der Waals surface area contributed by atoms with Crippen molar-refractivity contribution in [3.05, 3.63) is 36.2 Å². The third kappa shape index (κ3) is 2.25. The van der Waals surface area contributed by atoms with E-state index in [9.17, 15) is 9.59 Å². The minimum Gasteiger partial charge on any atom is -0.324 e. The van der Waals surface area contributed by atoms with Crippen LogP contribution < -0.4 is 10.6 Å². The Morgan fingerprint density at radius 3 is 2.90 bits per heavy atom. The topological polar surface area (TPSA) is 88.9 Å². The summed E-state index contributed by atoms with van der Waals surface area (Å²) >= 11 is 0. The molecular weight excluding hydrogens is 258 g/mol. The fraction of sp³-hybridized carbons (Fsp3) is 0.231. The first-order valence-corrected chi connectivity index (χ1v) is 6.20. The molecule has 1 atom stereocenters. The van der Waals surface area contributed by atoms with Gasteiger partial charge < -0.3 is 5.32 Å². The van der Waals surface area contributed by atoms with Gasteiger partial charge >= 0.3 is 0 Å². The maximum absolute atomic E-state index is 12.3. The summed E-state index contributed by atoms with van der Waals surface area (Å²) in [6.45, 7) is 1.97. The monoisotopic (exact) mass is 271 g/mol. The standard InChI is InChI=1S/C13H13N5O2/c1-8-2-4-9(5-3-8)15-12(20)10-6-11(19)16-13-17-14-7-18(10)13/h2-5,7,10H,6H2,1H3,(H,15,20)(H,16,17,19)/t10-/m0/s1. The summed E-state index contributed by atoms with van der Waals surface area (Å²) < 4.78 is 1.56. The molecule has 2 amide bonds. The Morgan fingerprint density at radius 1 is 1.40 bits per heavy atom. The molecule has 20 heavy (non-hydrogen) atoms. The Hall–Kier alpha value is -2.70. The third-order valence-corrected chi connectivity index (χ3v) is 3.16. The average Bonchev–Trinajstić information content (AvgIpc) is 2.88. The molecular formula is C13H13N5O2. The van der Waals surface area contributed by atoms with Crippen LogP contribution in [0.3, 0.4) is 0 Å². The van der Waals surface area contributed by atoms with Gasteiger partial charge in [-0.1, -0.05) is 17.7 Å². The Labute approximate surface area is 115 Å². The predicted molar refractivity (Wildman–Crippen MR) is 72.1 cm³/mol. The van der Waals surface area contributed by atoms with Crippen LogP contribution in [0.5, 0.6) is 0 Å². The number of carbonyl (C=O) groups excluding carboxylic acids is 2. The molecule has 2 heterocycles. The van der Waals surface area contributed by atoms with Crippen LogP contribution >= 0.6 is 0 Å². The van der Waals surface area contributed by atoms with E-state index in [1.165, 1.54) is 6.33 Å². The minimum atomic E-state index is -0.630. The number of hydrogen-bond donors (Lipinski definition) is 2. The molecule has 1 aliphatic rings. The molecule has 0 bridgehead atoms. The van der Waals surface area contributed by atoms with Crippen LogP contribution in [0.25, 0.3) is 0 Å². The van der Waals surface area contributed by atoms with Gasteiger partial charge in [0.15, 0.2) is 0 Å². The molecule has 0 fully saturated rings. The highest BCUT2D eigenvalue weighted by Crippen LogP contribution is 2.23. The number of rotatable bonds is 2. The summed E-state index contributed by atoms with van der Waals surface area (Å²) in [6, 6.07) is 6.84. The molecule has 0 radical (unpaired) electrons. The van der Waals surface area contributed by atoms with E-state index >= 15 is 0 Å². The molecule has 0 aliphatic carbocycles. The molecule has 0 saturated carbocycles. The minimum absolute atomic E-state index is 0.0722. The summed E-state index contributed by atoms with van der Waals surface area (Å²) in [5.41, 5.74) is 1.81. The first kappa shape index (κ1) is 12.3. The Balaban J connectivity index is 1.81. The number of nitrogens with zero attached hydrogens (tertiary/aromatic N) is 3. The van der Waals surface area contributed by atoms with Gasteiger partial charge in [-0.05, 0) is 19.1 Å². The molecule has 7 heteroatoms. The number of benzene rings is 1. The predicted octanol–water partition coefficient (Wildman–Crippen LogP) is 1.11. The molecule has 0 spiro atoms. The van der Waals surface area contributed by atoms with Gasteiger partial charge in [0.2, 0.25) is 17.8 Å². The van der Waals surface area contributed by atoms with Gasteiger partial charge in [0.05, 0.1) is 6.42 Å². The fourth-order valence-electron chi connectivity index (χ4n) is 2.09. The summed E-state index contributed by atoms with van der Waals surface area (Å²) in [6.07, 6.45) is 1.51. The second-order valence-electron chi connectivity index (χ2n) is 4.69. The van der Waals surface area contributed by atoms with Crippen LogP contribution in [0, 0.1) is 6.92 Å². The number of fused-ring (bicyclic) bond motifs is 1. The maximum atomic E-state index is 12.3. The van der Waals surface area contributed by atoms with E-state index in [1.54, 1.807) is 4.57 Å². The lowest BCUT2D eigenvalue weighted by Crippen LogP contribution is -2.35. The molecule has 2 aromatic rings. The van der Waals surface area contributed by atoms with Crippen molar-refractivity contribution in [2.45, 2.75) is 19.4 Å². The lowest BCUT2D eigenvalue weighted by Gasteiger charge is -2.23. The van der Waals surface area contributed by atoms with Gasteiger partial charge in [0, 0.05) is 5.69 Å². The first-order chi connectivity index (χ1) is 9.63. The summed E-state index contributed by atoms with van der Waals surface area (Å²) in [5.74, 6) is -0.204. The van der Waals surface area contributed by atoms with Crippen molar-refractivity contribution < 1.29 is 9.59 Å². The quantitative estimate of drug-likeness (QED) is 0.856. The average molecular weight is 271 g/mol. The molecule has 102 valence electrons. The highest BCUT2D eigenvalue weighted by Gasteiger charge is 2.31. The number of nitrogens with one attached hydrogen (secondary N) is 2. The van der Waals surface area contributed by atoms with Gasteiger partial charge in [0.1, 0.15) is 12.4 Å². The van der Waals surface area contributed by atoms with Crippen molar-refractivity contribution in [2.24, 2.45) is 0 Å². The number of carbonyl (C=O) groups is 2. The molecule has 7 nitrogen and oxygen atoms in total.